The van der Waals surface area contributed by atoms with E-state index >= 15 is 0 Å². The SMILES string of the molecule is COc1cccc2c(C=O)ccc(OC)c12. The van der Waals surface area contributed by atoms with Crippen LogP contribution in [-0.2, 0) is 0 Å². The molecule has 0 radical (unpaired) electrons. The minimum absolute atomic E-state index is 0.634. The standard InChI is InChI=1S/C13H12O3/c1-15-11-5-3-4-10-9(8-14)6-7-12(16-2)13(10)11/h3-8H,1-2H3. The number of ether oxygens (including phenoxy) is 2. The highest BCUT2D eigenvalue weighted by molar-refractivity contribution is 6.03. The Labute approximate surface area is 93.6 Å². The fourth-order valence-electron chi connectivity index (χ4n) is 1.81. The molecule has 3 heteroatoms. The normalized spacial score (nSPS) is 10.1. The van der Waals surface area contributed by atoms with Gasteiger partial charge in [0.2, 0.25) is 0 Å². The lowest BCUT2D eigenvalue weighted by Crippen LogP contribution is -1.92. The van der Waals surface area contributed by atoms with Gasteiger partial charge >= 0.3 is 0 Å². The third-order valence-corrected chi connectivity index (χ3v) is 2.56. The second-order valence-electron chi connectivity index (χ2n) is 3.36. The van der Waals surface area contributed by atoms with E-state index in [0.717, 1.165) is 17.1 Å². The van der Waals surface area contributed by atoms with E-state index in [-0.39, 0.29) is 0 Å². The van der Waals surface area contributed by atoms with Crippen molar-refractivity contribution in [1.29, 1.82) is 0 Å². The van der Waals surface area contributed by atoms with Gasteiger partial charge in [0.25, 0.3) is 0 Å². The van der Waals surface area contributed by atoms with E-state index in [4.69, 9.17) is 9.47 Å². The average molecular weight is 216 g/mol. The van der Waals surface area contributed by atoms with Gasteiger partial charge < -0.3 is 9.47 Å². The molecule has 0 N–H and O–H groups in total. The molecule has 0 unspecified atom stereocenters. The highest BCUT2D eigenvalue weighted by Crippen LogP contribution is 2.35. The van der Waals surface area contributed by atoms with E-state index < -0.39 is 0 Å². The summed E-state index contributed by atoms with van der Waals surface area (Å²) < 4.78 is 10.5. The predicted octanol–water partition coefficient (Wildman–Crippen LogP) is 2.67. The van der Waals surface area contributed by atoms with Gasteiger partial charge in [-0.05, 0) is 23.6 Å². The van der Waals surface area contributed by atoms with Crippen molar-refractivity contribution in [2.45, 2.75) is 0 Å². The summed E-state index contributed by atoms with van der Waals surface area (Å²) in [7, 11) is 3.20. The zero-order chi connectivity index (χ0) is 11.5. The van der Waals surface area contributed by atoms with Crippen LogP contribution in [0.5, 0.6) is 11.5 Å². The van der Waals surface area contributed by atoms with Gasteiger partial charge in [-0.25, -0.2) is 0 Å². The summed E-state index contributed by atoms with van der Waals surface area (Å²) in [6.07, 6.45) is 0.835. The van der Waals surface area contributed by atoms with Crippen LogP contribution in [0, 0.1) is 0 Å². The van der Waals surface area contributed by atoms with Gasteiger partial charge in [0.1, 0.15) is 11.5 Å². The lowest BCUT2D eigenvalue weighted by atomic mass is 10.0. The minimum Gasteiger partial charge on any atom is -0.496 e. The second-order valence-corrected chi connectivity index (χ2v) is 3.36. The van der Waals surface area contributed by atoms with Crippen molar-refractivity contribution in [3.8, 4) is 11.5 Å². The van der Waals surface area contributed by atoms with E-state index in [9.17, 15) is 4.79 Å². The van der Waals surface area contributed by atoms with Crippen molar-refractivity contribution in [1.82, 2.24) is 0 Å². The second kappa shape index (κ2) is 4.23. The Morgan fingerprint density at radius 1 is 1.00 bits per heavy atom. The first-order chi connectivity index (χ1) is 7.81. The summed E-state index contributed by atoms with van der Waals surface area (Å²) >= 11 is 0. The van der Waals surface area contributed by atoms with Crippen LogP contribution in [0.15, 0.2) is 30.3 Å². The summed E-state index contributed by atoms with van der Waals surface area (Å²) in [5.74, 6) is 1.41. The van der Waals surface area contributed by atoms with Crippen molar-refractivity contribution in [2.24, 2.45) is 0 Å². The topological polar surface area (TPSA) is 35.5 Å². The van der Waals surface area contributed by atoms with Gasteiger partial charge in [-0.2, -0.15) is 0 Å². The van der Waals surface area contributed by atoms with Gasteiger partial charge in [0, 0.05) is 5.56 Å². The number of carbonyl (C=O) groups is 1. The van der Waals surface area contributed by atoms with Gasteiger partial charge in [0.05, 0.1) is 19.6 Å². The summed E-state index contributed by atoms with van der Waals surface area (Å²) in [6.45, 7) is 0. The number of aldehydes is 1. The third-order valence-electron chi connectivity index (χ3n) is 2.56. The average Bonchev–Trinajstić information content (AvgIpc) is 2.36. The number of hydrogen-bond donors (Lipinski definition) is 0. The van der Waals surface area contributed by atoms with Crippen molar-refractivity contribution >= 4 is 17.1 Å². The Bertz CT molecular complexity index is 522. The molecule has 0 fully saturated rings. The highest BCUT2D eigenvalue weighted by atomic mass is 16.5. The van der Waals surface area contributed by atoms with Gasteiger partial charge in [-0.3, -0.25) is 4.79 Å². The van der Waals surface area contributed by atoms with E-state index in [1.54, 1.807) is 26.4 Å². The number of fused-ring (bicyclic) bond motifs is 1. The first kappa shape index (κ1) is 10.5. The maximum Gasteiger partial charge on any atom is 0.150 e. The van der Waals surface area contributed by atoms with Crippen molar-refractivity contribution in [2.75, 3.05) is 14.2 Å². The van der Waals surface area contributed by atoms with E-state index in [1.165, 1.54) is 0 Å². The Morgan fingerprint density at radius 2 is 1.69 bits per heavy atom. The Balaban J connectivity index is 2.89. The molecule has 16 heavy (non-hydrogen) atoms. The molecular formula is C13H12O3. The van der Waals surface area contributed by atoms with Crippen LogP contribution >= 0.6 is 0 Å². The first-order valence-electron chi connectivity index (χ1n) is 4.90. The number of carbonyl (C=O) groups excluding carboxylic acids is 1. The van der Waals surface area contributed by atoms with E-state index in [2.05, 4.69) is 0 Å². The molecule has 0 heterocycles. The van der Waals surface area contributed by atoms with E-state index in [1.807, 2.05) is 18.2 Å². The Hall–Kier alpha value is -2.03. The third kappa shape index (κ3) is 1.50. The van der Waals surface area contributed by atoms with E-state index in [0.29, 0.717) is 17.1 Å². The molecule has 82 valence electrons. The van der Waals surface area contributed by atoms with Gasteiger partial charge in [0.15, 0.2) is 6.29 Å². The summed E-state index contributed by atoms with van der Waals surface area (Å²) in [6, 6.07) is 9.10. The zero-order valence-corrected chi connectivity index (χ0v) is 9.19. The molecule has 0 bridgehead atoms. The quantitative estimate of drug-likeness (QED) is 0.740. The maximum absolute atomic E-state index is 10.9. The molecule has 0 aliphatic carbocycles. The molecule has 0 saturated carbocycles. The van der Waals surface area contributed by atoms with Crippen LogP contribution in [0.1, 0.15) is 10.4 Å². The summed E-state index contributed by atoms with van der Waals surface area (Å²) in [5, 5.41) is 1.67. The smallest absolute Gasteiger partial charge is 0.150 e. The monoisotopic (exact) mass is 216 g/mol. The lowest BCUT2D eigenvalue weighted by molar-refractivity contribution is 0.112. The molecular weight excluding hydrogens is 204 g/mol. The van der Waals surface area contributed by atoms with Crippen LogP contribution in [0.25, 0.3) is 10.8 Å². The Kier molecular flexibility index (Phi) is 2.77. The van der Waals surface area contributed by atoms with Crippen molar-refractivity contribution < 1.29 is 14.3 Å². The largest absolute Gasteiger partial charge is 0.496 e. The van der Waals surface area contributed by atoms with Crippen LogP contribution < -0.4 is 9.47 Å². The molecule has 0 aliphatic rings. The Morgan fingerprint density at radius 3 is 2.31 bits per heavy atom. The zero-order valence-electron chi connectivity index (χ0n) is 9.19. The van der Waals surface area contributed by atoms with Crippen LogP contribution in [-0.4, -0.2) is 20.5 Å². The van der Waals surface area contributed by atoms with Gasteiger partial charge in [-0.15, -0.1) is 0 Å². The maximum atomic E-state index is 10.9. The molecule has 2 aromatic rings. The fourth-order valence-corrected chi connectivity index (χ4v) is 1.81. The highest BCUT2D eigenvalue weighted by Gasteiger charge is 2.10. The van der Waals surface area contributed by atoms with Crippen LogP contribution in [0.3, 0.4) is 0 Å². The summed E-state index contributed by atoms with van der Waals surface area (Å²) in [5.41, 5.74) is 0.634. The molecule has 2 rings (SSSR count). The predicted molar refractivity (Wildman–Crippen MR) is 62.4 cm³/mol. The molecule has 0 aromatic heterocycles. The molecule has 0 saturated heterocycles. The molecule has 0 atom stereocenters. The molecule has 2 aromatic carbocycles. The molecule has 0 amide bonds. The molecule has 3 nitrogen and oxygen atoms in total. The number of rotatable bonds is 3. The summed E-state index contributed by atoms with van der Waals surface area (Å²) in [4.78, 5) is 10.9. The molecule has 0 spiro atoms. The lowest BCUT2D eigenvalue weighted by Gasteiger charge is -2.10. The van der Waals surface area contributed by atoms with Gasteiger partial charge in [-0.1, -0.05) is 12.1 Å². The number of hydrogen-bond acceptors (Lipinski definition) is 3. The van der Waals surface area contributed by atoms with Crippen LogP contribution in [0.2, 0.25) is 0 Å². The van der Waals surface area contributed by atoms with Crippen molar-refractivity contribution in [3.05, 3.63) is 35.9 Å². The fraction of sp³-hybridized carbons (Fsp3) is 0.154. The number of benzene rings is 2. The first-order valence-corrected chi connectivity index (χ1v) is 4.90. The number of methoxy groups -OCH3 is 2. The molecule has 0 aliphatic heterocycles. The van der Waals surface area contributed by atoms with Crippen LogP contribution in [0.4, 0.5) is 0 Å². The minimum atomic E-state index is 0.634. The van der Waals surface area contributed by atoms with Crippen molar-refractivity contribution in [3.63, 3.8) is 0 Å².